The molecule has 0 saturated heterocycles. The average molecular weight is 539 g/mol. The van der Waals surface area contributed by atoms with Gasteiger partial charge in [-0.2, -0.15) is 5.21 Å². The second-order valence-corrected chi connectivity index (χ2v) is 9.75. The Balaban J connectivity index is 1.42. The van der Waals surface area contributed by atoms with Crippen LogP contribution in [0.3, 0.4) is 0 Å². The van der Waals surface area contributed by atoms with Crippen molar-refractivity contribution < 1.29 is 13.9 Å². The number of amides is 1. The van der Waals surface area contributed by atoms with Gasteiger partial charge in [0.25, 0.3) is 5.91 Å². The molecule has 200 valence electrons. The molecule has 0 aliphatic rings. The summed E-state index contributed by atoms with van der Waals surface area (Å²) < 4.78 is 20.4. The maximum atomic E-state index is 14.3. The molecule has 0 bridgehead atoms. The van der Waals surface area contributed by atoms with Crippen molar-refractivity contribution in [1.82, 2.24) is 36.1 Å². The first-order valence-electron chi connectivity index (χ1n) is 12.5. The number of nitrogens with one attached hydrogen (secondary N) is 2. The van der Waals surface area contributed by atoms with Gasteiger partial charge in [0.1, 0.15) is 23.2 Å². The number of carbonyl (C=O) groups excluding carboxylic acids is 1. The van der Waals surface area contributed by atoms with E-state index < -0.39 is 11.7 Å². The van der Waals surface area contributed by atoms with E-state index in [4.69, 9.17) is 4.74 Å². The molecule has 2 heterocycles. The molecule has 0 spiro atoms. The number of hydrogen-bond acceptors (Lipinski definition) is 9. The number of hydrogen-bond donors (Lipinski definition) is 2. The van der Waals surface area contributed by atoms with Gasteiger partial charge in [-0.05, 0) is 55.7 Å². The highest BCUT2D eigenvalue weighted by molar-refractivity contribution is 7.18. The smallest absolute Gasteiger partial charge is 0.263 e. The van der Waals surface area contributed by atoms with Crippen LogP contribution in [0.5, 0.6) is 5.75 Å². The van der Waals surface area contributed by atoms with E-state index in [-0.39, 0.29) is 5.56 Å². The summed E-state index contributed by atoms with van der Waals surface area (Å²) in [6, 6.07) is 10.0. The lowest BCUT2D eigenvalue weighted by molar-refractivity contribution is 0.0982. The molecule has 0 unspecified atom stereocenters. The number of halogens is 1. The Bertz CT molecular complexity index is 1320. The van der Waals surface area contributed by atoms with Crippen LogP contribution in [0, 0.1) is 19.7 Å². The van der Waals surface area contributed by atoms with Crippen molar-refractivity contribution in [3.05, 3.63) is 64.7 Å². The Labute approximate surface area is 224 Å². The van der Waals surface area contributed by atoms with Crippen LogP contribution in [0.1, 0.15) is 47.1 Å². The highest BCUT2D eigenvalue weighted by Crippen LogP contribution is 2.34. The van der Waals surface area contributed by atoms with Gasteiger partial charge in [-0.15, -0.1) is 20.4 Å². The van der Waals surface area contributed by atoms with Crippen LogP contribution in [0.25, 0.3) is 10.6 Å². The average Bonchev–Trinajstić information content (AvgIpc) is 3.60. The van der Waals surface area contributed by atoms with Crippen LogP contribution < -0.4 is 15.0 Å². The van der Waals surface area contributed by atoms with E-state index in [1.54, 1.807) is 12.1 Å². The third kappa shape index (κ3) is 6.75. The minimum Gasteiger partial charge on any atom is -0.492 e. The van der Waals surface area contributed by atoms with E-state index in [1.807, 2.05) is 32.9 Å². The van der Waals surface area contributed by atoms with Gasteiger partial charge in [0.2, 0.25) is 5.13 Å². The Morgan fingerprint density at radius 2 is 1.92 bits per heavy atom. The number of benzene rings is 2. The third-order valence-electron chi connectivity index (χ3n) is 5.88. The molecule has 0 aliphatic heterocycles. The molecule has 10 nitrogen and oxygen atoms in total. The summed E-state index contributed by atoms with van der Waals surface area (Å²) in [6.45, 7) is 8.39. The largest absolute Gasteiger partial charge is 0.492 e. The summed E-state index contributed by atoms with van der Waals surface area (Å²) >= 11 is 1.32. The standard InChI is InChI=1S/C26H31FN8O2S/c1-4-5-13-35(25(36)20-8-6-7-9-21(20)27)26-32-31-24(38-26)19-15-17(2)23(18(3)16-19)37-14-12-28-11-10-22-29-33-34-30-22/h6-9,15-16,28H,4-5,10-14H2,1-3H3,(H,29,30,33,34). The van der Waals surface area contributed by atoms with E-state index in [2.05, 4.69) is 36.1 Å². The van der Waals surface area contributed by atoms with Gasteiger partial charge in [0, 0.05) is 31.6 Å². The van der Waals surface area contributed by atoms with Crippen LogP contribution in [0.15, 0.2) is 36.4 Å². The van der Waals surface area contributed by atoms with Crippen LogP contribution in [-0.2, 0) is 6.42 Å². The highest BCUT2D eigenvalue weighted by Gasteiger charge is 2.24. The third-order valence-corrected chi connectivity index (χ3v) is 6.87. The number of carbonyl (C=O) groups is 1. The fraction of sp³-hybridized carbons (Fsp3) is 0.385. The molecule has 1 amide bonds. The van der Waals surface area contributed by atoms with Crippen molar-refractivity contribution in [2.24, 2.45) is 0 Å². The van der Waals surface area contributed by atoms with Crippen molar-refractivity contribution >= 4 is 22.4 Å². The minimum absolute atomic E-state index is 0.0258. The first-order chi connectivity index (χ1) is 18.5. The van der Waals surface area contributed by atoms with Crippen molar-refractivity contribution in [2.75, 3.05) is 31.1 Å². The summed E-state index contributed by atoms with van der Waals surface area (Å²) in [5.74, 6) is 0.539. The Morgan fingerprint density at radius 3 is 2.63 bits per heavy atom. The molecule has 0 radical (unpaired) electrons. The fourth-order valence-electron chi connectivity index (χ4n) is 3.96. The number of H-pyrrole nitrogens is 1. The van der Waals surface area contributed by atoms with Gasteiger partial charge in [-0.3, -0.25) is 9.69 Å². The van der Waals surface area contributed by atoms with E-state index in [0.29, 0.717) is 42.1 Å². The number of anilines is 1. The van der Waals surface area contributed by atoms with Crippen LogP contribution in [0.2, 0.25) is 0 Å². The molecule has 2 N–H and O–H groups in total. The summed E-state index contributed by atoms with van der Waals surface area (Å²) in [5, 5.41) is 26.9. The number of aromatic amines is 1. The minimum atomic E-state index is -0.548. The highest BCUT2D eigenvalue weighted by atomic mass is 32.1. The predicted molar refractivity (Wildman–Crippen MR) is 144 cm³/mol. The van der Waals surface area contributed by atoms with Crippen molar-refractivity contribution in [1.29, 1.82) is 0 Å². The van der Waals surface area contributed by atoms with Gasteiger partial charge < -0.3 is 10.1 Å². The van der Waals surface area contributed by atoms with Crippen LogP contribution in [-0.4, -0.2) is 63.0 Å². The first kappa shape index (κ1) is 27.3. The first-order valence-corrected chi connectivity index (χ1v) is 13.4. The lowest BCUT2D eigenvalue weighted by atomic mass is 10.1. The number of nitrogens with zero attached hydrogens (tertiary/aromatic N) is 6. The van der Waals surface area contributed by atoms with Gasteiger partial charge >= 0.3 is 0 Å². The molecule has 4 aromatic rings. The van der Waals surface area contributed by atoms with Crippen LogP contribution in [0.4, 0.5) is 9.52 Å². The second-order valence-electron chi connectivity index (χ2n) is 8.80. The topological polar surface area (TPSA) is 122 Å². The second kappa shape index (κ2) is 13.2. The molecule has 2 aromatic heterocycles. The number of aryl methyl sites for hydroxylation is 2. The molecule has 38 heavy (non-hydrogen) atoms. The Hall–Kier alpha value is -3.77. The van der Waals surface area contributed by atoms with E-state index in [9.17, 15) is 9.18 Å². The Kier molecular flexibility index (Phi) is 9.44. The van der Waals surface area contributed by atoms with Crippen molar-refractivity contribution in [3.63, 3.8) is 0 Å². The summed E-state index contributed by atoms with van der Waals surface area (Å²) in [6.07, 6.45) is 2.35. The van der Waals surface area contributed by atoms with Crippen molar-refractivity contribution in [3.8, 4) is 16.3 Å². The maximum absolute atomic E-state index is 14.3. The van der Waals surface area contributed by atoms with Crippen LogP contribution >= 0.6 is 11.3 Å². The van der Waals surface area contributed by atoms with E-state index >= 15 is 0 Å². The molecule has 4 rings (SSSR count). The SMILES string of the molecule is CCCCN(C(=O)c1ccccc1F)c1nnc(-c2cc(C)c(OCCNCCc3nn[nH]n3)c(C)c2)s1. The maximum Gasteiger partial charge on any atom is 0.263 e. The van der Waals surface area contributed by atoms with Gasteiger partial charge in [-0.1, -0.05) is 42.0 Å². The zero-order valence-electron chi connectivity index (χ0n) is 21.7. The zero-order chi connectivity index (χ0) is 26.9. The van der Waals surface area contributed by atoms with Gasteiger partial charge in [-0.25, -0.2) is 4.39 Å². The van der Waals surface area contributed by atoms with E-state index in [0.717, 1.165) is 41.8 Å². The molecular weight excluding hydrogens is 507 g/mol. The molecule has 0 saturated carbocycles. The van der Waals surface area contributed by atoms with E-state index in [1.165, 1.54) is 28.4 Å². The normalized spacial score (nSPS) is 11.1. The van der Waals surface area contributed by atoms with Gasteiger partial charge in [0.05, 0.1) is 5.56 Å². The number of aromatic nitrogens is 6. The number of ether oxygens (including phenoxy) is 1. The zero-order valence-corrected chi connectivity index (χ0v) is 22.5. The lowest BCUT2D eigenvalue weighted by Crippen LogP contribution is -2.32. The number of rotatable bonds is 13. The monoisotopic (exact) mass is 538 g/mol. The Morgan fingerprint density at radius 1 is 1.13 bits per heavy atom. The molecule has 12 heteroatoms. The van der Waals surface area contributed by atoms with Gasteiger partial charge in [0.15, 0.2) is 5.82 Å². The number of tetrazole rings is 1. The summed E-state index contributed by atoms with van der Waals surface area (Å²) in [5.41, 5.74) is 2.88. The molecule has 0 atom stereocenters. The summed E-state index contributed by atoms with van der Waals surface area (Å²) in [7, 11) is 0. The quantitative estimate of drug-likeness (QED) is 0.244. The number of unbranched alkanes of at least 4 members (excludes halogenated alkanes) is 1. The molecule has 0 aliphatic carbocycles. The molecular formula is C26H31FN8O2S. The van der Waals surface area contributed by atoms with Crippen molar-refractivity contribution in [2.45, 2.75) is 40.0 Å². The lowest BCUT2D eigenvalue weighted by Gasteiger charge is -2.19. The summed E-state index contributed by atoms with van der Waals surface area (Å²) in [4.78, 5) is 14.7. The molecule has 2 aromatic carbocycles. The predicted octanol–water partition coefficient (Wildman–Crippen LogP) is 4.13. The fourth-order valence-corrected chi connectivity index (χ4v) is 4.82. The molecule has 0 fully saturated rings.